The Bertz CT molecular complexity index is 275. The van der Waals surface area contributed by atoms with Gasteiger partial charge in [0.2, 0.25) is 0 Å². The zero-order valence-corrected chi connectivity index (χ0v) is 6.59. The van der Waals surface area contributed by atoms with Crippen LogP contribution in [0.4, 0.5) is 14.6 Å². The number of aromatic nitrogens is 2. The lowest BCUT2D eigenvalue weighted by atomic mass is 10.2. The van der Waals surface area contributed by atoms with Crippen molar-refractivity contribution >= 4 is 5.82 Å². The predicted molar refractivity (Wildman–Crippen MR) is 40.6 cm³/mol. The first-order valence-electron chi connectivity index (χ1n) is 3.52. The summed E-state index contributed by atoms with van der Waals surface area (Å²) in [6.45, 7) is 1.37. The summed E-state index contributed by atoms with van der Waals surface area (Å²) in [6.07, 6.45) is 2.16. The number of nitrogen functional groups attached to an aromatic ring is 1. The summed E-state index contributed by atoms with van der Waals surface area (Å²) in [5.74, 6) is -3.18. The number of rotatable bonds is 2. The number of alkyl halides is 2. The molecule has 0 spiro atoms. The maximum absolute atomic E-state index is 13.0. The molecule has 12 heavy (non-hydrogen) atoms. The Labute approximate surface area is 68.6 Å². The number of halogens is 2. The molecular formula is C7H9F2N3. The topological polar surface area (TPSA) is 51.8 Å². The molecule has 0 aliphatic heterocycles. The summed E-state index contributed by atoms with van der Waals surface area (Å²) in [4.78, 5) is 7.01. The molecule has 0 aliphatic rings. The Hall–Kier alpha value is -1.26. The fraction of sp³-hybridized carbons (Fsp3) is 0.429. The van der Waals surface area contributed by atoms with E-state index in [9.17, 15) is 8.78 Å². The van der Waals surface area contributed by atoms with Crippen LogP contribution >= 0.6 is 0 Å². The van der Waals surface area contributed by atoms with Crippen molar-refractivity contribution in [1.82, 2.24) is 9.97 Å². The Morgan fingerprint density at radius 1 is 1.42 bits per heavy atom. The molecule has 1 heterocycles. The van der Waals surface area contributed by atoms with Gasteiger partial charge in [-0.05, 0) is 0 Å². The quantitative estimate of drug-likeness (QED) is 0.738. The van der Waals surface area contributed by atoms with Crippen molar-refractivity contribution in [3.05, 3.63) is 18.1 Å². The summed E-state index contributed by atoms with van der Waals surface area (Å²) in [5.41, 5.74) is 4.79. The van der Waals surface area contributed by atoms with Gasteiger partial charge in [0.25, 0.3) is 5.92 Å². The van der Waals surface area contributed by atoms with E-state index in [0.29, 0.717) is 0 Å². The minimum Gasteiger partial charge on any atom is -0.382 e. The molecular weight excluding hydrogens is 164 g/mol. The normalized spacial score (nSPS) is 11.6. The number of hydrogen-bond donors (Lipinski definition) is 1. The second-order valence-corrected chi connectivity index (χ2v) is 2.35. The SMILES string of the molecule is CCC(F)(F)c1nccnc1N. The molecule has 0 radical (unpaired) electrons. The molecule has 0 fully saturated rings. The number of hydrogen-bond acceptors (Lipinski definition) is 3. The maximum Gasteiger partial charge on any atom is 0.293 e. The smallest absolute Gasteiger partial charge is 0.293 e. The second-order valence-electron chi connectivity index (χ2n) is 2.35. The molecule has 1 aromatic rings. The summed E-state index contributed by atoms with van der Waals surface area (Å²) in [6, 6.07) is 0. The standard InChI is InChI=1S/C7H9F2N3/c1-2-7(8,9)5-6(10)12-4-3-11-5/h3-4H,2H2,1H3,(H2,10,12). The van der Waals surface area contributed by atoms with Gasteiger partial charge < -0.3 is 5.73 Å². The molecule has 0 atom stereocenters. The van der Waals surface area contributed by atoms with Gasteiger partial charge in [0, 0.05) is 18.8 Å². The Kier molecular flexibility index (Phi) is 2.21. The van der Waals surface area contributed by atoms with Crippen molar-refractivity contribution in [2.75, 3.05) is 5.73 Å². The molecule has 5 heteroatoms. The third-order valence-electron chi connectivity index (χ3n) is 1.52. The Morgan fingerprint density at radius 3 is 2.50 bits per heavy atom. The van der Waals surface area contributed by atoms with Crippen LogP contribution in [-0.4, -0.2) is 9.97 Å². The molecule has 1 rings (SSSR count). The van der Waals surface area contributed by atoms with E-state index >= 15 is 0 Å². The van der Waals surface area contributed by atoms with Crippen molar-refractivity contribution in [2.24, 2.45) is 0 Å². The zero-order chi connectivity index (χ0) is 9.19. The average molecular weight is 173 g/mol. The number of anilines is 1. The minimum absolute atomic E-state index is 0.204. The van der Waals surface area contributed by atoms with Crippen molar-refractivity contribution < 1.29 is 8.78 Å². The van der Waals surface area contributed by atoms with E-state index in [-0.39, 0.29) is 12.2 Å². The van der Waals surface area contributed by atoms with Crippen LogP contribution in [0.15, 0.2) is 12.4 Å². The first-order chi connectivity index (χ1) is 5.58. The molecule has 0 bridgehead atoms. The van der Waals surface area contributed by atoms with Crippen LogP contribution in [0, 0.1) is 0 Å². The fourth-order valence-corrected chi connectivity index (χ4v) is 0.798. The highest BCUT2D eigenvalue weighted by Gasteiger charge is 2.33. The number of nitrogens with two attached hydrogens (primary N) is 1. The van der Waals surface area contributed by atoms with E-state index in [1.54, 1.807) is 0 Å². The lowest BCUT2D eigenvalue weighted by molar-refractivity contribution is -0.0122. The van der Waals surface area contributed by atoms with E-state index in [4.69, 9.17) is 5.73 Å². The summed E-state index contributed by atoms with van der Waals surface area (Å²) in [7, 11) is 0. The van der Waals surface area contributed by atoms with E-state index in [1.807, 2.05) is 0 Å². The van der Waals surface area contributed by atoms with E-state index < -0.39 is 11.6 Å². The molecule has 2 N–H and O–H groups in total. The van der Waals surface area contributed by atoms with Crippen LogP contribution in [0.25, 0.3) is 0 Å². The van der Waals surface area contributed by atoms with Gasteiger partial charge in [-0.15, -0.1) is 0 Å². The lowest BCUT2D eigenvalue weighted by Crippen LogP contribution is -2.17. The van der Waals surface area contributed by atoms with Gasteiger partial charge in [-0.25, -0.2) is 9.97 Å². The first kappa shape index (κ1) is 8.83. The fourth-order valence-electron chi connectivity index (χ4n) is 0.798. The van der Waals surface area contributed by atoms with Crippen LogP contribution in [-0.2, 0) is 5.92 Å². The largest absolute Gasteiger partial charge is 0.382 e. The van der Waals surface area contributed by atoms with Gasteiger partial charge >= 0.3 is 0 Å². The summed E-state index contributed by atoms with van der Waals surface area (Å²) in [5, 5.41) is 0. The highest BCUT2D eigenvalue weighted by atomic mass is 19.3. The highest BCUT2D eigenvalue weighted by Crippen LogP contribution is 2.31. The molecule has 66 valence electrons. The third kappa shape index (κ3) is 1.49. The van der Waals surface area contributed by atoms with Crippen LogP contribution in [0.3, 0.4) is 0 Å². The molecule has 0 unspecified atom stereocenters. The van der Waals surface area contributed by atoms with Gasteiger partial charge in [0.05, 0.1) is 0 Å². The van der Waals surface area contributed by atoms with Crippen LogP contribution in [0.1, 0.15) is 19.0 Å². The van der Waals surface area contributed by atoms with Crippen LogP contribution < -0.4 is 5.73 Å². The van der Waals surface area contributed by atoms with Crippen molar-refractivity contribution in [1.29, 1.82) is 0 Å². The van der Waals surface area contributed by atoms with E-state index in [2.05, 4.69) is 9.97 Å². The van der Waals surface area contributed by atoms with Gasteiger partial charge in [-0.3, -0.25) is 0 Å². The van der Waals surface area contributed by atoms with Crippen molar-refractivity contribution in [3.8, 4) is 0 Å². The van der Waals surface area contributed by atoms with Crippen LogP contribution in [0.5, 0.6) is 0 Å². The molecule has 1 aromatic heterocycles. The maximum atomic E-state index is 13.0. The summed E-state index contributed by atoms with van der Waals surface area (Å²) >= 11 is 0. The average Bonchev–Trinajstić information content (AvgIpc) is 2.05. The Morgan fingerprint density at radius 2 is 2.00 bits per heavy atom. The molecule has 0 saturated carbocycles. The van der Waals surface area contributed by atoms with Crippen LogP contribution in [0.2, 0.25) is 0 Å². The van der Waals surface area contributed by atoms with E-state index in [0.717, 1.165) is 0 Å². The minimum atomic E-state index is -2.97. The molecule has 0 aromatic carbocycles. The van der Waals surface area contributed by atoms with Gasteiger partial charge in [0.1, 0.15) is 0 Å². The molecule has 3 nitrogen and oxygen atoms in total. The van der Waals surface area contributed by atoms with E-state index in [1.165, 1.54) is 19.3 Å². The predicted octanol–water partition coefficient (Wildman–Crippen LogP) is 1.56. The van der Waals surface area contributed by atoms with Gasteiger partial charge in [-0.1, -0.05) is 6.92 Å². The second kappa shape index (κ2) is 3.00. The summed E-state index contributed by atoms with van der Waals surface area (Å²) < 4.78 is 25.9. The van der Waals surface area contributed by atoms with Gasteiger partial charge in [-0.2, -0.15) is 8.78 Å². The lowest BCUT2D eigenvalue weighted by Gasteiger charge is -2.13. The zero-order valence-electron chi connectivity index (χ0n) is 6.59. The number of nitrogens with zero attached hydrogens (tertiary/aromatic N) is 2. The first-order valence-corrected chi connectivity index (χ1v) is 3.52. The monoisotopic (exact) mass is 173 g/mol. The van der Waals surface area contributed by atoms with Crippen molar-refractivity contribution in [3.63, 3.8) is 0 Å². The molecule has 0 aliphatic carbocycles. The van der Waals surface area contributed by atoms with Gasteiger partial charge in [0.15, 0.2) is 11.5 Å². The Balaban J connectivity index is 3.10. The molecule has 0 amide bonds. The molecule has 0 saturated heterocycles. The van der Waals surface area contributed by atoms with Crippen molar-refractivity contribution in [2.45, 2.75) is 19.3 Å². The highest BCUT2D eigenvalue weighted by molar-refractivity contribution is 5.35. The third-order valence-corrected chi connectivity index (χ3v) is 1.52.